The van der Waals surface area contributed by atoms with Crippen molar-refractivity contribution in [2.45, 2.75) is 19.6 Å². The van der Waals surface area contributed by atoms with Gasteiger partial charge in [-0.1, -0.05) is 37.8 Å². The summed E-state index contributed by atoms with van der Waals surface area (Å²) in [5.74, 6) is -0.197. The zero-order valence-corrected chi connectivity index (χ0v) is 10.2. The van der Waals surface area contributed by atoms with Crippen LogP contribution in [0.1, 0.15) is 10.4 Å². The molecule has 3 nitrogen and oxygen atoms in total. The highest BCUT2D eigenvalue weighted by atomic mass is 28.3. The van der Waals surface area contributed by atoms with E-state index >= 15 is 0 Å². The summed E-state index contributed by atoms with van der Waals surface area (Å²) in [6.45, 7) is 5.91. The molecule has 0 bridgehead atoms. The number of hydrogen-bond donors (Lipinski definition) is 0. The fraction of sp³-hybridized carbons (Fsp3) is 0.273. The van der Waals surface area contributed by atoms with E-state index in [1.807, 2.05) is 31.9 Å². The number of benzene rings is 1. The van der Waals surface area contributed by atoms with Crippen molar-refractivity contribution < 1.29 is 4.79 Å². The first-order valence-corrected chi connectivity index (χ1v) is 8.21. The molecule has 0 spiro atoms. The number of carbonyl (C=O) groups is 1. The quantitative estimate of drug-likeness (QED) is 0.435. The average molecular weight is 218 g/mol. The van der Waals surface area contributed by atoms with Gasteiger partial charge in [0.15, 0.2) is 14.4 Å². The molecule has 78 valence electrons. The minimum atomic E-state index is -1.91. The van der Waals surface area contributed by atoms with E-state index in [1.54, 1.807) is 24.3 Å². The maximum Gasteiger partial charge on any atom is 0.258 e. The van der Waals surface area contributed by atoms with Gasteiger partial charge in [-0.05, 0) is 12.1 Å². The molecular formula is C11H14N2OSi. The van der Waals surface area contributed by atoms with E-state index < -0.39 is 8.24 Å². The molecule has 0 radical (unpaired) electrons. The first-order chi connectivity index (χ1) is 6.96. The highest BCUT2D eigenvalue weighted by Gasteiger charge is 2.29. The Bertz CT molecular complexity index is 389. The average Bonchev–Trinajstić information content (AvgIpc) is 2.18. The van der Waals surface area contributed by atoms with E-state index in [0.717, 1.165) is 0 Å². The topological polar surface area (TPSA) is 44.1 Å². The standard InChI is InChI=1S/C11H14N2OSi/c1-15(2,3)13(9-12)11(14)10-7-5-4-6-8-10/h4-8H,1-3H3. The van der Waals surface area contributed by atoms with Crippen molar-refractivity contribution in [1.29, 1.82) is 5.26 Å². The summed E-state index contributed by atoms with van der Waals surface area (Å²) >= 11 is 0. The second-order valence-electron chi connectivity index (χ2n) is 4.28. The van der Waals surface area contributed by atoms with Crippen LogP contribution in [-0.2, 0) is 0 Å². The maximum atomic E-state index is 12.0. The lowest BCUT2D eigenvalue weighted by Gasteiger charge is -2.26. The molecule has 0 atom stereocenters. The summed E-state index contributed by atoms with van der Waals surface area (Å²) in [5.41, 5.74) is 0.571. The molecule has 0 saturated carbocycles. The lowest BCUT2D eigenvalue weighted by molar-refractivity contribution is 0.0896. The molecule has 1 rings (SSSR count). The van der Waals surface area contributed by atoms with Crippen molar-refractivity contribution in [3.8, 4) is 6.19 Å². The van der Waals surface area contributed by atoms with Crippen LogP contribution in [0.2, 0.25) is 19.6 Å². The van der Waals surface area contributed by atoms with E-state index in [9.17, 15) is 4.79 Å². The van der Waals surface area contributed by atoms with Crippen molar-refractivity contribution in [2.75, 3.05) is 0 Å². The highest BCUT2D eigenvalue weighted by molar-refractivity contribution is 6.76. The summed E-state index contributed by atoms with van der Waals surface area (Å²) in [6.07, 6.45) is 1.99. The Morgan fingerprint density at radius 3 is 2.20 bits per heavy atom. The predicted octanol–water partition coefficient (Wildman–Crippen LogP) is 2.44. The number of rotatable bonds is 2. The summed E-state index contributed by atoms with van der Waals surface area (Å²) < 4.78 is 1.32. The summed E-state index contributed by atoms with van der Waals surface area (Å²) in [7, 11) is -1.91. The van der Waals surface area contributed by atoms with Gasteiger partial charge in [0.05, 0.1) is 0 Å². The van der Waals surface area contributed by atoms with Crippen LogP contribution >= 0.6 is 0 Å². The SMILES string of the molecule is C[Si](C)(C)N(C#N)C(=O)c1ccccc1. The van der Waals surface area contributed by atoms with Gasteiger partial charge in [0.25, 0.3) is 5.91 Å². The number of amides is 1. The van der Waals surface area contributed by atoms with Crippen LogP contribution < -0.4 is 0 Å². The van der Waals surface area contributed by atoms with Gasteiger partial charge in [-0.2, -0.15) is 5.26 Å². The van der Waals surface area contributed by atoms with Gasteiger partial charge in [-0.15, -0.1) is 0 Å². The van der Waals surface area contributed by atoms with Gasteiger partial charge in [-0.3, -0.25) is 9.36 Å². The normalized spacial score (nSPS) is 10.5. The minimum Gasteiger partial charge on any atom is -0.275 e. The van der Waals surface area contributed by atoms with Crippen molar-refractivity contribution in [1.82, 2.24) is 4.57 Å². The predicted molar refractivity (Wildman–Crippen MR) is 61.6 cm³/mol. The summed E-state index contributed by atoms with van der Waals surface area (Å²) in [6, 6.07) is 8.90. The Labute approximate surface area is 91.0 Å². The van der Waals surface area contributed by atoms with Gasteiger partial charge in [0.2, 0.25) is 0 Å². The fourth-order valence-corrected chi connectivity index (χ4v) is 2.25. The Morgan fingerprint density at radius 1 is 1.27 bits per heavy atom. The Balaban J connectivity index is 3.00. The molecule has 1 aromatic rings. The van der Waals surface area contributed by atoms with E-state index in [-0.39, 0.29) is 5.91 Å². The third-order valence-corrected chi connectivity index (χ3v) is 3.64. The van der Waals surface area contributed by atoms with Crippen LogP contribution in [0.3, 0.4) is 0 Å². The monoisotopic (exact) mass is 218 g/mol. The van der Waals surface area contributed by atoms with Crippen LogP contribution in [0.4, 0.5) is 0 Å². The third kappa shape index (κ3) is 2.67. The zero-order chi connectivity index (χ0) is 11.5. The summed E-state index contributed by atoms with van der Waals surface area (Å²) in [5, 5.41) is 8.98. The Hall–Kier alpha value is -1.60. The number of nitriles is 1. The Morgan fingerprint density at radius 2 is 1.80 bits per heavy atom. The van der Waals surface area contributed by atoms with Crippen LogP contribution in [-0.4, -0.2) is 18.7 Å². The molecule has 0 aliphatic heterocycles. The smallest absolute Gasteiger partial charge is 0.258 e. The molecule has 15 heavy (non-hydrogen) atoms. The lowest BCUT2D eigenvalue weighted by atomic mass is 10.2. The third-order valence-electron chi connectivity index (χ3n) is 1.99. The largest absolute Gasteiger partial charge is 0.275 e. The molecule has 0 fully saturated rings. The second-order valence-corrected chi connectivity index (χ2v) is 9.07. The zero-order valence-electron chi connectivity index (χ0n) is 9.19. The fourth-order valence-electron chi connectivity index (χ4n) is 1.21. The molecule has 0 N–H and O–H groups in total. The van der Waals surface area contributed by atoms with Crippen LogP contribution in [0, 0.1) is 11.5 Å². The molecule has 4 heteroatoms. The number of carbonyl (C=O) groups excluding carboxylic acids is 1. The van der Waals surface area contributed by atoms with Gasteiger partial charge < -0.3 is 0 Å². The van der Waals surface area contributed by atoms with Gasteiger partial charge in [0.1, 0.15) is 0 Å². The Kier molecular flexibility index (Phi) is 3.27. The van der Waals surface area contributed by atoms with E-state index in [0.29, 0.717) is 5.56 Å². The van der Waals surface area contributed by atoms with E-state index in [4.69, 9.17) is 5.26 Å². The van der Waals surface area contributed by atoms with Gasteiger partial charge in [0, 0.05) is 5.56 Å². The van der Waals surface area contributed by atoms with Gasteiger partial charge in [-0.25, -0.2) is 0 Å². The van der Waals surface area contributed by atoms with E-state index in [2.05, 4.69) is 0 Å². The van der Waals surface area contributed by atoms with Crippen molar-refractivity contribution in [3.05, 3.63) is 35.9 Å². The van der Waals surface area contributed by atoms with E-state index in [1.165, 1.54) is 4.57 Å². The minimum absolute atomic E-state index is 0.197. The molecule has 0 heterocycles. The summed E-state index contributed by atoms with van der Waals surface area (Å²) in [4.78, 5) is 12.0. The molecule has 0 aliphatic carbocycles. The van der Waals surface area contributed by atoms with Crippen molar-refractivity contribution in [2.24, 2.45) is 0 Å². The van der Waals surface area contributed by atoms with Crippen LogP contribution in [0.5, 0.6) is 0 Å². The first kappa shape index (κ1) is 11.5. The molecule has 0 saturated heterocycles. The molecule has 0 aromatic heterocycles. The van der Waals surface area contributed by atoms with Crippen LogP contribution in [0.25, 0.3) is 0 Å². The maximum absolute atomic E-state index is 12.0. The highest BCUT2D eigenvalue weighted by Crippen LogP contribution is 2.13. The van der Waals surface area contributed by atoms with Crippen molar-refractivity contribution >= 4 is 14.1 Å². The molecule has 0 unspecified atom stereocenters. The lowest BCUT2D eigenvalue weighted by Crippen LogP contribution is -2.46. The molecule has 0 aliphatic rings. The molecule has 1 amide bonds. The van der Waals surface area contributed by atoms with Crippen LogP contribution in [0.15, 0.2) is 30.3 Å². The molecule has 1 aromatic carbocycles. The number of nitrogens with zero attached hydrogens (tertiary/aromatic N) is 2. The van der Waals surface area contributed by atoms with Gasteiger partial charge >= 0.3 is 0 Å². The number of hydrogen-bond acceptors (Lipinski definition) is 2. The first-order valence-electron chi connectivity index (χ1n) is 4.76. The molecular weight excluding hydrogens is 204 g/mol. The van der Waals surface area contributed by atoms with Crippen molar-refractivity contribution in [3.63, 3.8) is 0 Å². The second kappa shape index (κ2) is 4.28.